The number of carbonyl (C=O) groups excluding carboxylic acids is 1. The molecule has 2 aliphatic rings. The Bertz CT molecular complexity index is 867. The molecule has 0 fully saturated rings. The van der Waals surface area contributed by atoms with E-state index in [0.29, 0.717) is 29.4 Å². The Morgan fingerprint density at radius 2 is 1.92 bits per heavy atom. The van der Waals surface area contributed by atoms with Crippen LogP contribution in [-0.4, -0.2) is 23.3 Å². The predicted octanol–water partition coefficient (Wildman–Crippen LogP) is 3.75. The number of hydrogen-bond donors (Lipinski definition) is 0. The number of hydrogen-bond acceptors (Lipinski definition) is 4. The second-order valence-electron chi connectivity index (χ2n) is 6.82. The predicted molar refractivity (Wildman–Crippen MR) is 91.8 cm³/mol. The summed E-state index contributed by atoms with van der Waals surface area (Å²) in [6.45, 7) is 6.48. The maximum absolute atomic E-state index is 12.9. The van der Waals surface area contributed by atoms with Gasteiger partial charge in [-0.15, -0.1) is 0 Å². The van der Waals surface area contributed by atoms with E-state index in [9.17, 15) is 4.79 Å². The fourth-order valence-corrected chi connectivity index (χ4v) is 2.96. The summed E-state index contributed by atoms with van der Waals surface area (Å²) in [5.41, 5.74) is 2.69. The van der Waals surface area contributed by atoms with E-state index in [0.717, 1.165) is 11.1 Å². The van der Waals surface area contributed by atoms with Crippen LogP contribution in [0.25, 0.3) is 0 Å². The van der Waals surface area contributed by atoms with Gasteiger partial charge < -0.3 is 9.47 Å². The first-order valence-corrected chi connectivity index (χ1v) is 8.12. The lowest BCUT2D eigenvalue weighted by atomic mass is 9.98. The first-order chi connectivity index (χ1) is 11.5. The zero-order valence-corrected chi connectivity index (χ0v) is 14.0. The summed E-state index contributed by atoms with van der Waals surface area (Å²) in [6.07, 6.45) is -0.000937. The van der Waals surface area contributed by atoms with Gasteiger partial charge in [-0.25, -0.2) is 4.99 Å². The number of aliphatic imine (C=N–C) groups is 1. The van der Waals surface area contributed by atoms with E-state index in [2.05, 4.69) is 4.99 Å². The topological polar surface area (TPSA) is 47.9 Å². The van der Waals surface area contributed by atoms with Crippen molar-refractivity contribution in [3.05, 3.63) is 64.7 Å². The fourth-order valence-electron chi connectivity index (χ4n) is 2.96. The maximum atomic E-state index is 12.9. The molecular weight excluding hydrogens is 302 g/mol. The highest BCUT2D eigenvalue weighted by atomic mass is 16.5. The molecule has 1 atom stereocenters. The molecule has 0 saturated carbocycles. The van der Waals surface area contributed by atoms with Crippen LogP contribution in [0.3, 0.4) is 0 Å². The Kier molecular flexibility index (Phi) is 3.23. The standard InChI is InChI=1S/C20H19NO3/c1-12-20(2,3)21-19(24-12)13-8-9-17-16(10-13)18(22)15-7-5-4-6-14(15)11-23-17/h4-10,12H,11H2,1-3H3. The van der Waals surface area contributed by atoms with Crippen molar-refractivity contribution in [1.29, 1.82) is 0 Å². The Hall–Kier alpha value is -2.62. The number of fused-ring (bicyclic) bond motifs is 2. The lowest BCUT2D eigenvalue weighted by Gasteiger charge is -2.18. The summed E-state index contributed by atoms with van der Waals surface area (Å²) < 4.78 is 11.7. The molecule has 24 heavy (non-hydrogen) atoms. The van der Waals surface area contributed by atoms with Crippen LogP contribution in [0, 0.1) is 0 Å². The summed E-state index contributed by atoms with van der Waals surface area (Å²) in [5, 5.41) is 0. The van der Waals surface area contributed by atoms with Crippen molar-refractivity contribution in [3.63, 3.8) is 0 Å². The average Bonchev–Trinajstić information content (AvgIpc) is 2.77. The summed E-state index contributed by atoms with van der Waals surface area (Å²) in [6, 6.07) is 13.1. The highest BCUT2D eigenvalue weighted by Gasteiger charge is 2.35. The summed E-state index contributed by atoms with van der Waals surface area (Å²) >= 11 is 0. The van der Waals surface area contributed by atoms with Gasteiger partial charge in [-0.3, -0.25) is 4.79 Å². The summed E-state index contributed by atoms with van der Waals surface area (Å²) in [7, 11) is 0. The molecule has 2 aromatic rings. The molecule has 0 aromatic heterocycles. The van der Waals surface area contributed by atoms with Gasteiger partial charge in [0, 0.05) is 16.7 Å². The van der Waals surface area contributed by atoms with Crippen LogP contribution in [0.1, 0.15) is 47.8 Å². The Balaban J connectivity index is 1.79. The lowest BCUT2D eigenvalue weighted by molar-refractivity contribution is 0.103. The SMILES string of the molecule is CC1OC(c2ccc3c(c2)C(=O)c2ccccc2CO3)=NC1(C)C. The van der Waals surface area contributed by atoms with E-state index in [1.54, 1.807) is 0 Å². The van der Waals surface area contributed by atoms with Crippen LogP contribution < -0.4 is 4.74 Å². The Morgan fingerprint density at radius 3 is 2.67 bits per heavy atom. The minimum absolute atomic E-state index is 0.000937. The normalized spacial score (nSPS) is 21.0. The molecule has 2 heterocycles. The summed E-state index contributed by atoms with van der Waals surface area (Å²) in [5.74, 6) is 1.16. The monoisotopic (exact) mass is 321 g/mol. The number of ether oxygens (including phenoxy) is 2. The lowest BCUT2D eigenvalue weighted by Crippen LogP contribution is -2.28. The molecule has 1 unspecified atom stereocenters. The molecule has 0 saturated heterocycles. The second kappa shape index (κ2) is 5.20. The third kappa shape index (κ3) is 2.30. The highest BCUT2D eigenvalue weighted by Crippen LogP contribution is 2.32. The van der Waals surface area contributed by atoms with Gasteiger partial charge in [-0.2, -0.15) is 0 Å². The number of carbonyl (C=O) groups is 1. The van der Waals surface area contributed by atoms with E-state index < -0.39 is 0 Å². The van der Waals surface area contributed by atoms with E-state index in [-0.39, 0.29) is 17.4 Å². The molecule has 0 amide bonds. The molecular formula is C20H19NO3. The van der Waals surface area contributed by atoms with Crippen LogP contribution in [0.4, 0.5) is 0 Å². The molecule has 4 nitrogen and oxygen atoms in total. The molecule has 0 bridgehead atoms. The van der Waals surface area contributed by atoms with Crippen LogP contribution in [0.15, 0.2) is 47.5 Å². The molecule has 0 N–H and O–H groups in total. The largest absolute Gasteiger partial charge is 0.488 e. The molecule has 4 heteroatoms. The number of rotatable bonds is 1. The molecule has 122 valence electrons. The minimum atomic E-state index is -0.269. The van der Waals surface area contributed by atoms with Crippen LogP contribution in [0.5, 0.6) is 5.75 Å². The van der Waals surface area contributed by atoms with Gasteiger partial charge in [-0.1, -0.05) is 24.3 Å². The number of benzene rings is 2. The Morgan fingerprint density at radius 1 is 1.12 bits per heavy atom. The van der Waals surface area contributed by atoms with Crippen LogP contribution in [-0.2, 0) is 11.3 Å². The van der Waals surface area contributed by atoms with Gasteiger partial charge in [0.2, 0.25) is 5.90 Å². The smallest absolute Gasteiger partial charge is 0.217 e. The van der Waals surface area contributed by atoms with Crippen LogP contribution >= 0.6 is 0 Å². The van der Waals surface area contributed by atoms with E-state index in [1.807, 2.05) is 63.2 Å². The van der Waals surface area contributed by atoms with E-state index in [1.165, 1.54) is 0 Å². The van der Waals surface area contributed by atoms with E-state index in [4.69, 9.17) is 9.47 Å². The van der Waals surface area contributed by atoms with Crippen molar-refractivity contribution < 1.29 is 14.3 Å². The maximum Gasteiger partial charge on any atom is 0.217 e. The number of ketones is 1. The fraction of sp³-hybridized carbons (Fsp3) is 0.300. The molecule has 0 aliphatic carbocycles. The first kappa shape index (κ1) is 14.9. The van der Waals surface area contributed by atoms with Crippen molar-refractivity contribution in [1.82, 2.24) is 0 Å². The third-order valence-corrected chi connectivity index (χ3v) is 4.79. The second-order valence-corrected chi connectivity index (χ2v) is 6.82. The van der Waals surface area contributed by atoms with E-state index >= 15 is 0 Å². The molecule has 0 spiro atoms. The van der Waals surface area contributed by atoms with Gasteiger partial charge in [0.15, 0.2) is 5.78 Å². The minimum Gasteiger partial charge on any atom is -0.488 e. The quantitative estimate of drug-likeness (QED) is 0.803. The van der Waals surface area contributed by atoms with Gasteiger partial charge in [0.1, 0.15) is 18.5 Å². The molecule has 4 rings (SSSR count). The zero-order chi connectivity index (χ0) is 16.9. The summed E-state index contributed by atoms with van der Waals surface area (Å²) in [4.78, 5) is 17.6. The average molecular weight is 321 g/mol. The van der Waals surface area contributed by atoms with Crippen molar-refractivity contribution in [3.8, 4) is 5.75 Å². The van der Waals surface area contributed by atoms with Gasteiger partial charge in [0.05, 0.1) is 11.1 Å². The zero-order valence-electron chi connectivity index (χ0n) is 14.0. The number of nitrogens with zero attached hydrogens (tertiary/aromatic N) is 1. The molecule has 2 aromatic carbocycles. The van der Waals surface area contributed by atoms with Crippen molar-refractivity contribution in [2.75, 3.05) is 0 Å². The van der Waals surface area contributed by atoms with Gasteiger partial charge in [0.25, 0.3) is 0 Å². The van der Waals surface area contributed by atoms with Gasteiger partial charge in [-0.05, 0) is 39.0 Å². The molecule has 2 aliphatic heterocycles. The first-order valence-electron chi connectivity index (χ1n) is 8.12. The van der Waals surface area contributed by atoms with Gasteiger partial charge >= 0.3 is 0 Å². The Labute approximate surface area is 141 Å². The van der Waals surface area contributed by atoms with Crippen molar-refractivity contribution in [2.45, 2.75) is 39.0 Å². The van der Waals surface area contributed by atoms with Crippen molar-refractivity contribution >= 4 is 11.7 Å². The van der Waals surface area contributed by atoms with Crippen molar-refractivity contribution in [2.24, 2.45) is 4.99 Å². The molecule has 0 radical (unpaired) electrons. The van der Waals surface area contributed by atoms with Crippen LogP contribution in [0.2, 0.25) is 0 Å². The highest BCUT2D eigenvalue weighted by molar-refractivity contribution is 6.13. The third-order valence-electron chi connectivity index (χ3n) is 4.79.